The zero-order valence-corrected chi connectivity index (χ0v) is 9.85. The number of nitrogens with zero attached hydrogens (tertiary/aromatic N) is 3. The van der Waals surface area contributed by atoms with E-state index in [-0.39, 0.29) is 6.04 Å². The molecule has 0 amide bonds. The van der Waals surface area contributed by atoms with Crippen molar-refractivity contribution in [3.63, 3.8) is 0 Å². The molecule has 2 atom stereocenters. The lowest BCUT2D eigenvalue weighted by Gasteiger charge is -2.34. The highest BCUT2D eigenvalue weighted by Crippen LogP contribution is 2.29. The van der Waals surface area contributed by atoms with Gasteiger partial charge in [0.05, 0.1) is 11.8 Å². The Morgan fingerprint density at radius 3 is 3.18 bits per heavy atom. The van der Waals surface area contributed by atoms with Gasteiger partial charge in [0, 0.05) is 6.04 Å². The number of nitriles is 1. The van der Waals surface area contributed by atoms with E-state index in [4.69, 9.17) is 5.26 Å². The average Bonchev–Trinajstić information content (AvgIpc) is 2.28. The molecule has 0 unspecified atom stereocenters. The third-order valence-electron chi connectivity index (χ3n) is 3.13. The fourth-order valence-corrected chi connectivity index (χ4v) is 2.31. The Morgan fingerprint density at radius 1 is 1.65 bits per heavy atom. The quantitative estimate of drug-likeness (QED) is 0.806. The van der Waals surface area contributed by atoms with Crippen LogP contribution in [0.15, 0.2) is 12.5 Å². The number of aliphatic hydroxyl groups is 1. The molecule has 1 aromatic rings. The van der Waals surface area contributed by atoms with Crippen LogP contribution in [-0.4, -0.2) is 26.7 Å². The molecule has 2 N–H and O–H groups in total. The first-order chi connectivity index (χ1) is 8.11. The molecule has 1 heterocycles. The second-order valence-corrected chi connectivity index (χ2v) is 4.83. The summed E-state index contributed by atoms with van der Waals surface area (Å²) in [7, 11) is 0. The lowest BCUT2D eigenvalue weighted by atomic mass is 9.83. The average molecular weight is 232 g/mol. The maximum absolute atomic E-state index is 10.0. The molecule has 17 heavy (non-hydrogen) atoms. The monoisotopic (exact) mass is 232 g/mol. The summed E-state index contributed by atoms with van der Waals surface area (Å²) >= 11 is 0. The molecular weight excluding hydrogens is 216 g/mol. The SMILES string of the molecule is C[C@]1(O)CCC[C@@H](Nc2ncncc2C#N)C1. The molecule has 1 aliphatic carbocycles. The van der Waals surface area contributed by atoms with Gasteiger partial charge in [-0.25, -0.2) is 9.97 Å². The number of hydrogen-bond donors (Lipinski definition) is 2. The van der Waals surface area contributed by atoms with E-state index in [1.165, 1.54) is 12.5 Å². The summed E-state index contributed by atoms with van der Waals surface area (Å²) in [6.45, 7) is 1.85. The highest BCUT2D eigenvalue weighted by atomic mass is 16.3. The van der Waals surface area contributed by atoms with Crippen molar-refractivity contribution in [1.29, 1.82) is 5.26 Å². The second-order valence-electron chi connectivity index (χ2n) is 4.83. The van der Waals surface area contributed by atoms with Gasteiger partial charge in [-0.05, 0) is 32.6 Å². The lowest BCUT2D eigenvalue weighted by molar-refractivity contribution is 0.0182. The fraction of sp³-hybridized carbons (Fsp3) is 0.583. The van der Waals surface area contributed by atoms with Crippen LogP contribution in [0.2, 0.25) is 0 Å². The van der Waals surface area contributed by atoms with Crippen LogP contribution < -0.4 is 5.32 Å². The Morgan fingerprint density at radius 2 is 2.47 bits per heavy atom. The summed E-state index contributed by atoms with van der Waals surface area (Å²) in [5.41, 5.74) is -0.173. The number of hydrogen-bond acceptors (Lipinski definition) is 5. The van der Waals surface area contributed by atoms with E-state index in [2.05, 4.69) is 21.4 Å². The molecular formula is C12H16N4O. The number of nitrogens with one attached hydrogen (secondary N) is 1. The van der Waals surface area contributed by atoms with E-state index in [0.717, 1.165) is 19.3 Å². The molecule has 5 nitrogen and oxygen atoms in total. The van der Waals surface area contributed by atoms with Gasteiger partial charge in [0.15, 0.2) is 0 Å². The van der Waals surface area contributed by atoms with Crippen LogP contribution in [0.3, 0.4) is 0 Å². The Hall–Kier alpha value is -1.67. The smallest absolute Gasteiger partial charge is 0.147 e. The van der Waals surface area contributed by atoms with Gasteiger partial charge < -0.3 is 10.4 Å². The molecule has 2 rings (SSSR count). The highest BCUT2D eigenvalue weighted by Gasteiger charge is 2.30. The van der Waals surface area contributed by atoms with Crippen LogP contribution in [0.4, 0.5) is 5.82 Å². The maximum Gasteiger partial charge on any atom is 0.147 e. The molecule has 1 fully saturated rings. The van der Waals surface area contributed by atoms with E-state index in [1.807, 2.05) is 6.92 Å². The normalized spacial score (nSPS) is 28.4. The molecule has 0 bridgehead atoms. The van der Waals surface area contributed by atoms with Crippen molar-refractivity contribution >= 4 is 5.82 Å². The van der Waals surface area contributed by atoms with Crippen molar-refractivity contribution in [2.24, 2.45) is 0 Å². The molecule has 0 spiro atoms. The second kappa shape index (κ2) is 4.68. The van der Waals surface area contributed by atoms with Crippen LogP contribution in [0, 0.1) is 11.3 Å². The van der Waals surface area contributed by atoms with Crippen LogP contribution in [0.5, 0.6) is 0 Å². The van der Waals surface area contributed by atoms with Gasteiger partial charge in [-0.15, -0.1) is 0 Å². The summed E-state index contributed by atoms with van der Waals surface area (Å²) < 4.78 is 0. The fourth-order valence-electron chi connectivity index (χ4n) is 2.31. The number of aromatic nitrogens is 2. The Kier molecular flexibility index (Phi) is 3.25. The van der Waals surface area contributed by atoms with Gasteiger partial charge >= 0.3 is 0 Å². The van der Waals surface area contributed by atoms with E-state index in [1.54, 1.807) is 0 Å². The lowest BCUT2D eigenvalue weighted by Crippen LogP contribution is -2.38. The van der Waals surface area contributed by atoms with E-state index in [9.17, 15) is 5.11 Å². The zero-order chi connectivity index (χ0) is 12.3. The van der Waals surface area contributed by atoms with Gasteiger partial charge in [-0.1, -0.05) is 0 Å². The molecule has 1 aliphatic rings. The molecule has 0 aliphatic heterocycles. The molecule has 5 heteroatoms. The highest BCUT2D eigenvalue weighted by molar-refractivity contribution is 5.50. The first kappa shape index (κ1) is 11.8. The third-order valence-corrected chi connectivity index (χ3v) is 3.13. The van der Waals surface area contributed by atoms with E-state index >= 15 is 0 Å². The molecule has 1 aromatic heterocycles. The summed E-state index contributed by atoms with van der Waals surface area (Å²) in [5.74, 6) is 0.560. The Bertz CT molecular complexity index is 438. The molecule has 0 radical (unpaired) electrons. The Labute approximate surface area is 101 Å². The van der Waals surface area contributed by atoms with Crippen molar-refractivity contribution < 1.29 is 5.11 Å². The Balaban J connectivity index is 2.08. The summed E-state index contributed by atoms with van der Waals surface area (Å²) in [6, 6.07) is 2.22. The summed E-state index contributed by atoms with van der Waals surface area (Å²) in [4.78, 5) is 7.88. The van der Waals surface area contributed by atoms with Crippen LogP contribution in [-0.2, 0) is 0 Å². The van der Waals surface area contributed by atoms with E-state index in [0.29, 0.717) is 17.8 Å². The van der Waals surface area contributed by atoms with Gasteiger partial charge in [0.25, 0.3) is 0 Å². The summed E-state index contributed by atoms with van der Waals surface area (Å²) in [6.07, 6.45) is 6.41. The van der Waals surface area contributed by atoms with Gasteiger partial charge in [-0.3, -0.25) is 0 Å². The molecule has 0 saturated heterocycles. The standard InChI is InChI=1S/C12H16N4O/c1-12(17)4-2-3-10(5-12)16-11-9(6-13)7-14-8-15-11/h7-8,10,17H,2-5H2,1H3,(H,14,15,16)/t10-,12+/m1/s1. The van der Waals surface area contributed by atoms with Crippen LogP contribution in [0.1, 0.15) is 38.2 Å². The van der Waals surface area contributed by atoms with Crippen LogP contribution in [0.25, 0.3) is 0 Å². The van der Waals surface area contributed by atoms with Crippen molar-refractivity contribution in [3.05, 3.63) is 18.1 Å². The predicted octanol–water partition coefficient (Wildman–Crippen LogP) is 1.45. The van der Waals surface area contributed by atoms with E-state index < -0.39 is 5.60 Å². The molecule has 1 saturated carbocycles. The first-order valence-electron chi connectivity index (χ1n) is 5.80. The summed E-state index contributed by atoms with van der Waals surface area (Å²) in [5, 5.41) is 22.2. The van der Waals surface area contributed by atoms with Gasteiger partial charge in [0.1, 0.15) is 23.8 Å². The molecule has 0 aromatic carbocycles. The van der Waals surface area contributed by atoms with Gasteiger partial charge in [-0.2, -0.15) is 5.26 Å². The minimum atomic E-state index is -0.615. The maximum atomic E-state index is 10.0. The minimum Gasteiger partial charge on any atom is -0.390 e. The zero-order valence-electron chi connectivity index (χ0n) is 9.85. The van der Waals surface area contributed by atoms with Crippen molar-refractivity contribution in [2.75, 3.05) is 5.32 Å². The topological polar surface area (TPSA) is 81.8 Å². The van der Waals surface area contributed by atoms with Gasteiger partial charge in [0.2, 0.25) is 0 Å². The number of anilines is 1. The minimum absolute atomic E-state index is 0.167. The van der Waals surface area contributed by atoms with Crippen molar-refractivity contribution in [1.82, 2.24) is 9.97 Å². The van der Waals surface area contributed by atoms with Crippen molar-refractivity contribution in [3.8, 4) is 6.07 Å². The number of rotatable bonds is 2. The first-order valence-corrected chi connectivity index (χ1v) is 5.80. The predicted molar refractivity (Wildman–Crippen MR) is 63.2 cm³/mol. The molecule has 90 valence electrons. The third kappa shape index (κ3) is 2.92. The van der Waals surface area contributed by atoms with Crippen molar-refractivity contribution in [2.45, 2.75) is 44.2 Å². The van der Waals surface area contributed by atoms with Crippen LogP contribution >= 0.6 is 0 Å². The largest absolute Gasteiger partial charge is 0.390 e.